The van der Waals surface area contributed by atoms with Crippen molar-refractivity contribution in [2.45, 2.75) is 19.9 Å². The molecule has 0 aromatic heterocycles. The average Bonchev–Trinajstić information content (AvgIpc) is 2.37. The predicted molar refractivity (Wildman–Crippen MR) is 67.3 cm³/mol. The fourth-order valence-electron chi connectivity index (χ4n) is 1.60. The van der Waals surface area contributed by atoms with Crippen molar-refractivity contribution in [3.05, 3.63) is 33.4 Å². The van der Waals surface area contributed by atoms with E-state index in [-0.39, 0.29) is 17.7 Å². The first kappa shape index (κ1) is 14.9. The summed E-state index contributed by atoms with van der Waals surface area (Å²) in [7, 11) is 0. The fourth-order valence-corrected chi connectivity index (χ4v) is 1.60. The summed E-state index contributed by atoms with van der Waals surface area (Å²) in [6.45, 7) is 3.04. The van der Waals surface area contributed by atoms with Crippen LogP contribution in [0.25, 0.3) is 0 Å². The van der Waals surface area contributed by atoms with Crippen LogP contribution >= 0.6 is 0 Å². The van der Waals surface area contributed by atoms with E-state index in [1.165, 1.54) is 6.07 Å². The lowest BCUT2D eigenvalue weighted by atomic mass is 9.81. The number of aliphatic hydroxyl groups is 1. The monoisotopic (exact) mass is 265 g/mol. The fraction of sp³-hybridized carbons (Fsp3) is 0.417. The highest BCUT2D eigenvalue weighted by Gasteiger charge is 2.32. The van der Waals surface area contributed by atoms with Crippen molar-refractivity contribution in [2.75, 3.05) is 6.61 Å². The molecule has 7 nitrogen and oxygen atoms in total. The molecule has 1 aromatic carbocycles. The molecule has 0 aliphatic heterocycles. The van der Waals surface area contributed by atoms with Gasteiger partial charge in [-0.3, -0.25) is 10.1 Å². The number of rotatable bonds is 4. The zero-order valence-electron chi connectivity index (χ0n) is 10.6. The molecule has 102 valence electrons. The number of hydrogen-bond donors (Lipinski definition) is 3. The molecule has 1 aromatic rings. The van der Waals surface area contributed by atoms with Gasteiger partial charge in [0.05, 0.1) is 16.6 Å². The summed E-state index contributed by atoms with van der Waals surface area (Å²) in [5, 5.41) is 38.8. The second-order valence-electron chi connectivity index (χ2n) is 4.93. The lowest BCUT2D eigenvalue weighted by molar-refractivity contribution is -0.386. The van der Waals surface area contributed by atoms with E-state index in [0.717, 1.165) is 6.07 Å². The third-order valence-electron chi connectivity index (χ3n) is 3.03. The minimum absolute atomic E-state index is 0.0312. The Bertz CT molecular complexity index is 549. The largest absolute Gasteiger partial charge is 0.502 e. The Balaban J connectivity index is 3.48. The first-order chi connectivity index (χ1) is 8.74. The Kier molecular flexibility index (Phi) is 4.09. The number of nitrogens with zero attached hydrogens (tertiary/aromatic N) is 2. The smallest absolute Gasteiger partial charge is 0.312 e. The van der Waals surface area contributed by atoms with Gasteiger partial charge in [0, 0.05) is 29.7 Å². The molecule has 19 heavy (non-hydrogen) atoms. The Morgan fingerprint density at radius 2 is 2.16 bits per heavy atom. The number of aromatic hydroxyl groups is 1. The SMILES string of the molecule is CC(C)(CO)[C@@H](N)c1cc(C#N)cc([N+](=O)[O-])c1O. The maximum Gasteiger partial charge on any atom is 0.312 e. The van der Waals surface area contributed by atoms with E-state index in [0.29, 0.717) is 0 Å². The van der Waals surface area contributed by atoms with E-state index >= 15 is 0 Å². The molecular weight excluding hydrogens is 250 g/mol. The van der Waals surface area contributed by atoms with Gasteiger partial charge in [-0.2, -0.15) is 5.26 Å². The lowest BCUT2D eigenvalue weighted by Crippen LogP contribution is -2.32. The van der Waals surface area contributed by atoms with Gasteiger partial charge in [0.25, 0.3) is 0 Å². The second kappa shape index (κ2) is 5.22. The standard InChI is InChI=1S/C12H15N3O4/c1-12(2,6-16)11(14)8-3-7(5-13)4-9(10(8)17)15(18)19/h3-4,11,16-17H,6,14H2,1-2H3/t11-/m0/s1. The Morgan fingerprint density at radius 3 is 2.58 bits per heavy atom. The van der Waals surface area contributed by atoms with E-state index in [1.807, 2.05) is 0 Å². The number of aliphatic hydroxyl groups excluding tert-OH is 1. The molecule has 0 amide bonds. The van der Waals surface area contributed by atoms with Gasteiger partial charge >= 0.3 is 5.69 Å². The number of benzene rings is 1. The molecule has 0 aliphatic rings. The Labute approximate surface area is 110 Å². The van der Waals surface area contributed by atoms with E-state index in [2.05, 4.69) is 0 Å². The highest BCUT2D eigenvalue weighted by Crippen LogP contribution is 2.40. The van der Waals surface area contributed by atoms with Gasteiger partial charge in [0.1, 0.15) is 0 Å². The number of phenols is 1. The average molecular weight is 265 g/mol. The molecule has 0 spiro atoms. The van der Waals surface area contributed by atoms with Crippen LogP contribution in [0.1, 0.15) is 31.0 Å². The summed E-state index contributed by atoms with van der Waals surface area (Å²) in [6.07, 6.45) is 0. The summed E-state index contributed by atoms with van der Waals surface area (Å²) in [4.78, 5) is 10.1. The molecule has 4 N–H and O–H groups in total. The molecular formula is C12H15N3O4. The second-order valence-corrected chi connectivity index (χ2v) is 4.93. The zero-order valence-corrected chi connectivity index (χ0v) is 10.6. The van der Waals surface area contributed by atoms with Crippen LogP contribution in [0.4, 0.5) is 5.69 Å². The number of nitriles is 1. The number of nitrogens with two attached hydrogens (primary N) is 1. The van der Waals surface area contributed by atoms with Crippen LogP contribution in [0.3, 0.4) is 0 Å². The highest BCUT2D eigenvalue weighted by molar-refractivity contribution is 5.57. The maximum absolute atomic E-state index is 10.8. The van der Waals surface area contributed by atoms with Crippen molar-refractivity contribution in [1.29, 1.82) is 5.26 Å². The van der Waals surface area contributed by atoms with Crippen LogP contribution in [-0.4, -0.2) is 21.7 Å². The number of hydrogen-bond acceptors (Lipinski definition) is 6. The van der Waals surface area contributed by atoms with Gasteiger partial charge in [-0.25, -0.2) is 0 Å². The van der Waals surface area contributed by atoms with Gasteiger partial charge in [0.2, 0.25) is 0 Å². The number of phenolic OH excluding ortho intramolecular Hbond substituents is 1. The summed E-state index contributed by atoms with van der Waals surface area (Å²) >= 11 is 0. The molecule has 0 fully saturated rings. The minimum atomic E-state index is -0.843. The van der Waals surface area contributed by atoms with Crippen LogP contribution in [0.5, 0.6) is 5.75 Å². The lowest BCUT2D eigenvalue weighted by Gasteiger charge is -2.30. The molecule has 0 aliphatic carbocycles. The van der Waals surface area contributed by atoms with Crippen molar-refractivity contribution in [1.82, 2.24) is 0 Å². The summed E-state index contributed by atoms with van der Waals surface area (Å²) in [5.74, 6) is -0.571. The van der Waals surface area contributed by atoms with Crippen molar-refractivity contribution in [2.24, 2.45) is 11.1 Å². The van der Waals surface area contributed by atoms with E-state index in [1.54, 1.807) is 19.9 Å². The summed E-state index contributed by atoms with van der Waals surface area (Å²) in [5.41, 5.74) is 4.67. The van der Waals surface area contributed by atoms with Crippen molar-refractivity contribution in [3.63, 3.8) is 0 Å². The van der Waals surface area contributed by atoms with Gasteiger partial charge in [-0.1, -0.05) is 13.8 Å². The first-order valence-electron chi connectivity index (χ1n) is 5.52. The normalized spacial score (nSPS) is 12.8. The topological polar surface area (TPSA) is 133 Å². The first-order valence-corrected chi connectivity index (χ1v) is 5.52. The molecule has 0 heterocycles. The van der Waals surface area contributed by atoms with Crippen LogP contribution in [0, 0.1) is 26.9 Å². The van der Waals surface area contributed by atoms with Crippen molar-refractivity contribution in [3.8, 4) is 11.8 Å². The van der Waals surface area contributed by atoms with E-state index in [9.17, 15) is 20.3 Å². The van der Waals surface area contributed by atoms with Crippen molar-refractivity contribution < 1.29 is 15.1 Å². The summed E-state index contributed by atoms with van der Waals surface area (Å²) < 4.78 is 0. The molecule has 7 heteroatoms. The molecule has 0 saturated carbocycles. The third-order valence-corrected chi connectivity index (χ3v) is 3.03. The molecule has 1 rings (SSSR count). The molecule has 0 bridgehead atoms. The molecule has 0 saturated heterocycles. The van der Waals surface area contributed by atoms with Crippen LogP contribution in [-0.2, 0) is 0 Å². The van der Waals surface area contributed by atoms with E-state index < -0.39 is 27.8 Å². The molecule has 1 atom stereocenters. The molecule has 0 unspecified atom stereocenters. The zero-order chi connectivity index (χ0) is 14.8. The predicted octanol–water partition coefficient (Wildman–Crippen LogP) is 1.19. The number of nitro benzene ring substituents is 1. The van der Waals surface area contributed by atoms with Crippen LogP contribution < -0.4 is 5.73 Å². The molecule has 0 radical (unpaired) electrons. The highest BCUT2D eigenvalue weighted by atomic mass is 16.6. The Hall–Kier alpha value is -2.17. The minimum Gasteiger partial charge on any atom is -0.502 e. The number of nitro groups is 1. The van der Waals surface area contributed by atoms with Gasteiger partial charge in [-0.05, 0) is 6.07 Å². The summed E-state index contributed by atoms with van der Waals surface area (Å²) in [6, 6.07) is 3.22. The van der Waals surface area contributed by atoms with Crippen molar-refractivity contribution >= 4 is 5.69 Å². The van der Waals surface area contributed by atoms with E-state index in [4.69, 9.17) is 11.0 Å². The van der Waals surface area contributed by atoms with Gasteiger partial charge < -0.3 is 15.9 Å². The van der Waals surface area contributed by atoms with Crippen LogP contribution in [0.2, 0.25) is 0 Å². The van der Waals surface area contributed by atoms with Gasteiger partial charge in [-0.15, -0.1) is 0 Å². The quantitative estimate of drug-likeness (QED) is 0.553. The van der Waals surface area contributed by atoms with Gasteiger partial charge in [0.15, 0.2) is 5.75 Å². The third kappa shape index (κ3) is 2.81. The Morgan fingerprint density at radius 1 is 1.58 bits per heavy atom. The van der Waals surface area contributed by atoms with Crippen LogP contribution in [0.15, 0.2) is 12.1 Å². The maximum atomic E-state index is 10.8.